The molecular formula is C30H33F3N4O4S. The number of nitrogens with one attached hydrogen (secondary N) is 2. The molecule has 4 aromatic rings. The van der Waals surface area contributed by atoms with Gasteiger partial charge in [0.2, 0.25) is 0 Å². The highest BCUT2D eigenvalue weighted by atomic mass is 32.1. The molecule has 2 aromatic carbocycles. The van der Waals surface area contributed by atoms with Crippen LogP contribution in [0.3, 0.4) is 0 Å². The number of nitrogens with zero attached hydrogens (tertiary/aromatic N) is 2. The summed E-state index contributed by atoms with van der Waals surface area (Å²) in [4.78, 5) is 19.6. The molecule has 0 bridgehead atoms. The third-order valence-electron chi connectivity index (χ3n) is 7.81. The molecule has 2 N–H and O–H groups in total. The van der Waals surface area contributed by atoms with Crippen molar-refractivity contribution in [3.8, 4) is 33.5 Å². The van der Waals surface area contributed by atoms with Gasteiger partial charge in [-0.15, -0.1) is 11.3 Å². The second kappa shape index (κ2) is 12.7. The largest absolute Gasteiger partial charge is 0.496 e. The van der Waals surface area contributed by atoms with Gasteiger partial charge >= 0.3 is 11.9 Å². The normalized spacial score (nSPS) is 17.6. The fourth-order valence-electron chi connectivity index (χ4n) is 5.31. The molecule has 2 unspecified atom stereocenters. The molecule has 224 valence electrons. The lowest BCUT2D eigenvalue weighted by molar-refractivity contribution is -0.137. The Morgan fingerprint density at radius 1 is 1.19 bits per heavy atom. The van der Waals surface area contributed by atoms with Crippen LogP contribution in [0.4, 0.5) is 13.2 Å². The summed E-state index contributed by atoms with van der Waals surface area (Å²) >= 11 is 1.40. The van der Waals surface area contributed by atoms with Gasteiger partial charge in [0.25, 0.3) is 0 Å². The number of thiazole rings is 1. The van der Waals surface area contributed by atoms with Crippen LogP contribution >= 0.6 is 11.3 Å². The molecule has 12 heteroatoms. The number of aromatic nitrogens is 3. The van der Waals surface area contributed by atoms with Crippen LogP contribution in [0.1, 0.15) is 55.7 Å². The molecule has 5 rings (SSSR count). The quantitative estimate of drug-likeness (QED) is 0.179. The first-order valence-electron chi connectivity index (χ1n) is 13.9. The predicted molar refractivity (Wildman–Crippen MR) is 153 cm³/mol. The van der Waals surface area contributed by atoms with Crippen molar-refractivity contribution in [1.29, 1.82) is 0 Å². The van der Waals surface area contributed by atoms with Crippen molar-refractivity contribution in [2.45, 2.75) is 64.9 Å². The van der Waals surface area contributed by atoms with Crippen molar-refractivity contribution in [2.24, 2.45) is 11.8 Å². The van der Waals surface area contributed by atoms with Gasteiger partial charge in [0.05, 0.1) is 28.8 Å². The smallest absolute Gasteiger partial charge is 0.439 e. The molecule has 3 atom stereocenters. The van der Waals surface area contributed by atoms with Crippen LogP contribution in [0.5, 0.6) is 11.5 Å². The Balaban J connectivity index is 1.38. The SMILES string of the molecule is CCC[C@@H](NCc1nc(-c2ccc(C(F)(F)F)cc2)sc1COc1ccc(-c2noc(=O)[nH]2)c(OC)c1)C1CCC1C. The third kappa shape index (κ3) is 6.70. The minimum atomic E-state index is -4.40. The highest BCUT2D eigenvalue weighted by Crippen LogP contribution is 2.38. The lowest BCUT2D eigenvalue weighted by atomic mass is 9.70. The summed E-state index contributed by atoms with van der Waals surface area (Å²) in [6.45, 7) is 5.22. The topological polar surface area (TPSA) is 102 Å². The molecular weight excluding hydrogens is 569 g/mol. The molecule has 1 aliphatic rings. The van der Waals surface area contributed by atoms with E-state index in [1.165, 1.54) is 43.4 Å². The van der Waals surface area contributed by atoms with E-state index in [0.717, 1.165) is 35.5 Å². The number of halogens is 3. The van der Waals surface area contributed by atoms with E-state index in [9.17, 15) is 18.0 Å². The summed E-state index contributed by atoms with van der Waals surface area (Å²) in [6.07, 6.45) is 0.199. The number of hydrogen-bond acceptors (Lipinski definition) is 8. The molecule has 8 nitrogen and oxygen atoms in total. The van der Waals surface area contributed by atoms with Gasteiger partial charge in [-0.3, -0.25) is 9.51 Å². The van der Waals surface area contributed by atoms with Crippen molar-refractivity contribution in [3.63, 3.8) is 0 Å². The third-order valence-corrected chi connectivity index (χ3v) is 8.93. The molecule has 1 saturated carbocycles. The van der Waals surface area contributed by atoms with Crippen LogP contribution in [0.15, 0.2) is 51.8 Å². The van der Waals surface area contributed by atoms with E-state index < -0.39 is 17.5 Å². The van der Waals surface area contributed by atoms with Crippen molar-refractivity contribution < 1.29 is 27.2 Å². The number of alkyl halides is 3. The van der Waals surface area contributed by atoms with Gasteiger partial charge in [0.1, 0.15) is 23.1 Å². The van der Waals surface area contributed by atoms with E-state index in [1.807, 2.05) is 0 Å². The van der Waals surface area contributed by atoms with Crippen molar-refractivity contribution in [2.75, 3.05) is 7.11 Å². The Labute approximate surface area is 245 Å². The van der Waals surface area contributed by atoms with Crippen molar-refractivity contribution >= 4 is 11.3 Å². The van der Waals surface area contributed by atoms with E-state index in [-0.39, 0.29) is 12.4 Å². The minimum Gasteiger partial charge on any atom is -0.496 e. The molecule has 1 aliphatic carbocycles. The highest BCUT2D eigenvalue weighted by molar-refractivity contribution is 7.15. The van der Waals surface area contributed by atoms with Crippen molar-refractivity contribution in [3.05, 3.63) is 69.1 Å². The molecule has 2 aromatic heterocycles. The van der Waals surface area contributed by atoms with Gasteiger partial charge in [-0.2, -0.15) is 13.2 Å². The maximum absolute atomic E-state index is 13.1. The number of hydrogen-bond donors (Lipinski definition) is 2. The maximum Gasteiger partial charge on any atom is 0.439 e. The van der Waals surface area contributed by atoms with Crippen LogP contribution in [0, 0.1) is 11.8 Å². The second-order valence-electron chi connectivity index (χ2n) is 10.6. The van der Waals surface area contributed by atoms with Gasteiger partial charge in [-0.25, -0.2) is 9.78 Å². The molecule has 42 heavy (non-hydrogen) atoms. The summed E-state index contributed by atoms with van der Waals surface area (Å²) in [5.74, 6) is 1.84. The van der Waals surface area contributed by atoms with E-state index in [4.69, 9.17) is 14.5 Å². The first-order valence-corrected chi connectivity index (χ1v) is 14.7. The van der Waals surface area contributed by atoms with Gasteiger partial charge in [0.15, 0.2) is 5.82 Å². The van der Waals surface area contributed by atoms with Crippen LogP contribution in [-0.2, 0) is 19.3 Å². The summed E-state index contributed by atoms with van der Waals surface area (Å²) < 4.78 is 55.6. The zero-order valence-corrected chi connectivity index (χ0v) is 24.4. The maximum atomic E-state index is 13.1. The van der Waals surface area contributed by atoms with Crippen LogP contribution in [0.25, 0.3) is 22.0 Å². The Bertz CT molecular complexity index is 1550. The highest BCUT2D eigenvalue weighted by Gasteiger charge is 2.33. The number of H-pyrrole nitrogens is 1. The zero-order chi connectivity index (χ0) is 29.9. The summed E-state index contributed by atoms with van der Waals surface area (Å²) in [6, 6.07) is 10.6. The Hall–Kier alpha value is -3.64. The van der Waals surface area contributed by atoms with Crippen LogP contribution in [-0.4, -0.2) is 28.3 Å². The van der Waals surface area contributed by atoms with Gasteiger partial charge in [-0.1, -0.05) is 44.0 Å². The van der Waals surface area contributed by atoms with E-state index in [2.05, 4.69) is 33.8 Å². The van der Waals surface area contributed by atoms with E-state index >= 15 is 0 Å². The summed E-state index contributed by atoms with van der Waals surface area (Å²) in [5, 5.41) is 8.07. The van der Waals surface area contributed by atoms with E-state index in [0.29, 0.717) is 52.1 Å². The Kier molecular flexibility index (Phi) is 9.02. The fourth-order valence-corrected chi connectivity index (χ4v) is 6.30. The standard InChI is InChI=1S/C30H33F3N4O4S/c1-4-5-23(21-12-6-17(21)2)34-15-24-26(42-28(35-24)18-7-9-19(10-8-18)30(31,32)33)16-40-20-11-13-22(25(14-20)39-3)27-36-29(38)41-37-27/h7-11,13-14,17,21,23,34H,4-6,12,15-16H2,1-3H3,(H,36,37,38)/t17?,21?,23-/m1/s1. The molecule has 0 spiro atoms. The zero-order valence-electron chi connectivity index (χ0n) is 23.6. The number of methoxy groups -OCH3 is 1. The fraction of sp³-hybridized carbons (Fsp3) is 0.433. The first kappa shape index (κ1) is 29.8. The van der Waals surface area contributed by atoms with E-state index in [1.54, 1.807) is 18.2 Å². The van der Waals surface area contributed by atoms with Crippen LogP contribution in [0.2, 0.25) is 0 Å². The van der Waals surface area contributed by atoms with Crippen LogP contribution < -0.4 is 20.5 Å². The lowest BCUT2D eigenvalue weighted by Gasteiger charge is -2.40. The molecule has 1 fully saturated rings. The second-order valence-corrected chi connectivity index (χ2v) is 11.6. The average molecular weight is 603 g/mol. The minimum absolute atomic E-state index is 0.205. The molecule has 2 heterocycles. The van der Waals surface area contributed by atoms with Crippen molar-refractivity contribution in [1.82, 2.24) is 20.4 Å². The lowest BCUT2D eigenvalue weighted by Crippen LogP contribution is -2.43. The predicted octanol–water partition coefficient (Wildman–Crippen LogP) is 7.06. The number of benzene rings is 2. The van der Waals surface area contributed by atoms with Gasteiger partial charge in [-0.05, 0) is 48.9 Å². The summed E-state index contributed by atoms with van der Waals surface area (Å²) in [5.41, 5.74) is 1.27. The molecule has 0 aliphatic heterocycles. The molecule has 0 saturated heterocycles. The number of rotatable bonds is 12. The number of ether oxygens (including phenoxy) is 2. The monoisotopic (exact) mass is 602 g/mol. The Morgan fingerprint density at radius 3 is 2.57 bits per heavy atom. The number of aromatic amines is 1. The Morgan fingerprint density at radius 2 is 1.98 bits per heavy atom. The average Bonchev–Trinajstić information content (AvgIpc) is 3.59. The van der Waals surface area contributed by atoms with Gasteiger partial charge in [0, 0.05) is 24.2 Å². The first-order chi connectivity index (χ1) is 20.2. The molecule has 0 amide bonds. The summed E-state index contributed by atoms with van der Waals surface area (Å²) in [7, 11) is 1.50. The molecule has 0 radical (unpaired) electrons. The van der Waals surface area contributed by atoms with Gasteiger partial charge < -0.3 is 14.8 Å².